The molecule has 0 aliphatic heterocycles. The minimum Gasteiger partial charge on any atom is -0.459 e. The van der Waals surface area contributed by atoms with Crippen LogP contribution in [0.2, 0.25) is 5.02 Å². The lowest BCUT2D eigenvalue weighted by atomic mass is 10.1. The number of halogens is 4. The molecule has 9 nitrogen and oxygen atoms in total. The summed E-state index contributed by atoms with van der Waals surface area (Å²) >= 11 is 5.89. The Bertz CT molecular complexity index is 1210. The van der Waals surface area contributed by atoms with Crippen LogP contribution in [-0.2, 0) is 14.3 Å². The topological polar surface area (TPSA) is 123 Å². The van der Waals surface area contributed by atoms with E-state index in [4.69, 9.17) is 26.9 Å². The zero-order valence-electron chi connectivity index (χ0n) is 16.7. The Hall–Kier alpha value is -3.54. The molecule has 32 heavy (non-hydrogen) atoms. The van der Waals surface area contributed by atoms with Gasteiger partial charge in [-0.15, -0.1) is 0 Å². The average molecular weight is 476 g/mol. The highest BCUT2D eigenvalue weighted by Gasteiger charge is 2.35. The van der Waals surface area contributed by atoms with Crippen LogP contribution < -0.4 is 17.1 Å². The summed E-state index contributed by atoms with van der Waals surface area (Å²) in [5.74, 6) is 1.91. The van der Waals surface area contributed by atoms with E-state index < -0.39 is 63.0 Å². The van der Waals surface area contributed by atoms with Crippen LogP contribution >= 0.6 is 11.6 Å². The highest BCUT2D eigenvalue weighted by Crippen LogP contribution is 2.25. The highest BCUT2D eigenvalue weighted by molar-refractivity contribution is 6.33. The summed E-state index contributed by atoms with van der Waals surface area (Å²) in [6.07, 6.45) is -1.96. The second kappa shape index (κ2) is 9.30. The molecule has 0 saturated carbocycles. The normalized spacial score (nSPS) is 11.3. The maximum absolute atomic E-state index is 14.5. The third kappa shape index (κ3) is 4.85. The van der Waals surface area contributed by atoms with E-state index in [1.165, 1.54) is 19.9 Å². The van der Waals surface area contributed by atoms with Gasteiger partial charge in [0.1, 0.15) is 18.1 Å². The molecule has 0 aliphatic carbocycles. The van der Waals surface area contributed by atoms with Crippen molar-refractivity contribution in [3.63, 3.8) is 0 Å². The first-order valence-electron chi connectivity index (χ1n) is 8.75. The standard InChI is InChI=1S/C19H17ClF3N3O6/c1-4-5-31-17(29)19(2,3)32-16(28)9-6-12(11(21)7-10(9)20)25-14(27)8-13(15(22)23)26(24)18(25)30/h4,6-8,15H,1,5,24H2,2-3H3. The summed E-state index contributed by atoms with van der Waals surface area (Å²) in [5.41, 5.74) is -7.05. The van der Waals surface area contributed by atoms with Crippen LogP contribution in [-0.4, -0.2) is 33.4 Å². The zero-order valence-corrected chi connectivity index (χ0v) is 17.5. The van der Waals surface area contributed by atoms with E-state index in [1.807, 2.05) is 0 Å². The van der Waals surface area contributed by atoms with Gasteiger partial charge in [0.2, 0.25) is 5.60 Å². The Labute approximate surface area is 183 Å². The third-order valence-electron chi connectivity index (χ3n) is 4.06. The van der Waals surface area contributed by atoms with Gasteiger partial charge in [-0.3, -0.25) is 4.79 Å². The van der Waals surface area contributed by atoms with Crippen LogP contribution in [0.15, 0.2) is 40.4 Å². The fraction of sp³-hybridized carbons (Fsp3) is 0.263. The lowest BCUT2D eigenvalue weighted by Crippen LogP contribution is -2.44. The minimum absolute atomic E-state index is 0.0309. The maximum atomic E-state index is 14.5. The summed E-state index contributed by atoms with van der Waals surface area (Å²) in [7, 11) is 0. The van der Waals surface area contributed by atoms with E-state index in [0.717, 1.165) is 0 Å². The van der Waals surface area contributed by atoms with E-state index >= 15 is 0 Å². The number of hydrogen-bond acceptors (Lipinski definition) is 7. The molecule has 172 valence electrons. The first-order chi connectivity index (χ1) is 14.8. The van der Waals surface area contributed by atoms with Gasteiger partial charge in [-0.2, -0.15) is 0 Å². The van der Waals surface area contributed by atoms with Crippen LogP contribution in [0.5, 0.6) is 0 Å². The number of esters is 2. The van der Waals surface area contributed by atoms with Gasteiger partial charge < -0.3 is 15.3 Å². The Morgan fingerprint density at radius 2 is 1.91 bits per heavy atom. The van der Waals surface area contributed by atoms with Gasteiger partial charge in [0.05, 0.1) is 16.3 Å². The number of nitrogens with two attached hydrogens (primary N) is 1. The van der Waals surface area contributed by atoms with Gasteiger partial charge in [0.15, 0.2) is 0 Å². The largest absolute Gasteiger partial charge is 0.459 e. The Kier molecular flexibility index (Phi) is 7.19. The molecule has 0 bridgehead atoms. The molecular formula is C19H17ClF3N3O6. The van der Waals surface area contributed by atoms with Gasteiger partial charge in [0.25, 0.3) is 12.0 Å². The third-order valence-corrected chi connectivity index (χ3v) is 4.37. The quantitative estimate of drug-likeness (QED) is 0.369. The Morgan fingerprint density at radius 3 is 2.47 bits per heavy atom. The Balaban J connectivity index is 2.56. The summed E-state index contributed by atoms with van der Waals surface area (Å²) in [4.78, 5) is 49.2. The molecule has 1 heterocycles. The molecule has 0 atom stereocenters. The van der Waals surface area contributed by atoms with Gasteiger partial charge >= 0.3 is 17.6 Å². The molecule has 0 fully saturated rings. The van der Waals surface area contributed by atoms with Crippen molar-refractivity contribution in [1.82, 2.24) is 9.24 Å². The van der Waals surface area contributed by atoms with Crippen molar-refractivity contribution in [3.8, 4) is 5.69 Å². The van der Waals surface area contributed by atoms with E-state index in [1.54, 1.807) is 0 Å². The number of alkyl halides is 2. The molecule has 0 aliphatic rings. The second-order valence-electron chi connectivity index (χ2n) is 6.77. The molecule has 0 radical (unpaired) electrons. The van der Waals surface area contributed by atoms with Crippen LogP contribution in [0.3, 0.4) is 0 Å². The van der Waals surface area contributed by atoms with E-state index in [2.05, 4.69) is 6.58 Å². The predicted molar refractivity (Wildman–Crippen MR) is 107 cm³/mol. The molecule has 0 unspecified atom stereocenters. The van der Waals surface area contributed by atoms with Crippen LogP contribution in [0, 0.1) is 5.82 Å². The summed E-state index contributed by atoms with van der Waals surface area (Å²) < 4.78 is 50.4. The molecule has 2 aromatic rings. The molecule has 2 N–H and O–H groups in total. The van der Waals surface area contributed by atoms with Crippen molar-refractivity contribution >= 4 is 23.5 Å². The van der Waals surface area contributed by atoms with Crippen molar-refractivity contribution < 1.29 is 32.2 Å². The lowest BCUT2D eigenvalue weighted by molar-refractivity contribution is -0.161. The first kappa shape index (κ1) is 24.7. The number of ether oxygens (including phenoxy) is 2. The van der Waals surface area contributed by atoms with Crippen LogP contribution in [0.25, 0.3) is 5.69 Å². The molecule has 0 spiro atoms. The minimum atomic E-state index is -3.25. The fourth-order valence-electron chi connectivity index (χ4n) is 2.47. The van der Waals surface area contributed by atoms with E-state index in [0.29, 0.717) is 18.2 Å². The molecule has 2 rings (SSSR count). The number of benzene rings is 1. The van der Waals surface area contributed by atoms with E-state index in [-0.39, 0.29) is 15.9 Å². The fourth-order valence-corrected chi connectivity index (χ4v) is 2.69. The number of carbonyl (C=O) groups excluding carboxylic acids is 2. The van der Waals surface area contributed by atoms with Crippen molar-refractivity contribution in [2.75, 3.05) is 12.4 Å². The predicted octanol–water partition coefficient (Wildman–Crippen LogP) is 2.11. The number of nitrogens with zero attached hydrogens (tertiary/aromatic N) is 2. The smallest absolute Gasteiger partial charge is 0.354 e. The Morgan fingerprint density at radius 1 is 1.28 bits per heavy atom. The van der Waals surface area contributed by atoms with Crippen molar-refractivity contribution in [2.24, 2.45) is 0 Å². The molecule has 1 aromatic heterocycles. The van der Waals surface area contributed by atoms with Gasteiger partial charge in [-0.05, 0) is 26.0 Å². The molecule has 0 amide bonds. The van der Waals surface area contributed by atoms with Crippen LogP contribution in [0.1, 0.15) is 36.3 Å². The average Bonchev–Trinajstić information content (AvgIpc) is 2.69. The number of nitrogen functional groups attached to an aromatic ring is 1. The molecule has 0 saturated heterocycles. The monoisotopic (exact) mass is 475 g/mol. The van der Waals surface area contributed by atoms with Crippen molar-refractivity contribution in [1.29, 1.82) is 0 Å². The summed E-state index contributed by atoms with van der Waals surface area (Å²) in [6.45, 7) is 5.66. The first-order valence-corrected chi connectivity index (χ1v) is 9.12. The van der Waals surface area contributed by atoms with Gasteiger partial charge in [-0.1, -0.05) is 24.3 Å². The zero-order chi connectivity index (χ0) is 24.4. The molecule has 1 aromatic carbocycles. The maximum Gasteiger partial charge on any atom is 0.354 e. The SMILES string of the molecule is C=CCOC(=O)C(C)(C)OC(=O)c1cc(-n2c(=O)cc(C(F)F)n(N)c2=O)c(F)cc1Cl. The van der Waals surface area contributed by atoms with Gasteiger partial charge in [0, 0.05) is 6.07 Å². The van der Waals surface area contributed by atoms with Crippen LogP contribution in [0.4, 0.5) is 13.2 Å². The number of carbonyl (C=O) groups is 2. The number of hydrogen-bond donors (Lipinski definition) is 1. The molecular weight excluding hydrogens is 459 g/mol. The highest BCUT2D eigenvalue weighted by atomic mass is 35.5. The number of aromatic nitrogens is 2. The summed E-state index contributed by atoms with van der Waals surface area (Å²) in [6, 6.07) is 1.64. The van der Waals surface area contributed by atoms with Gasteiger partial charge in [-0.25, -0.2) is 36.8 Å². The lowest BCUT2D eigenvalue weighted by Gasteiger charge is -2.23. The van der Waals surface area contributed by atoms with E-state index in [9.17, 15) is 32.3 Å². The number of rotatable bonds is 7. The van der Waals surface area contributed by atoms with Crippen molar-refractivity contribution in [2.45, 2.75) is 25.9 Å². The van der Waals surface area contributed by atoms with Crippen molar-refractivity contribution in [3.05, 3.63) is 73.8 Å². The second-order valence-corrected chi connectivity index (χ2v) is 7.17. The molecule has 13 heteroatoms. The summed E-state index contributed by atoms with van der Waals surface area (Å²) in [5, 5.41) is -0.475.